The predicted octanol–water partition coefficient (Wildman–Crippen LogP) is 3.97. The molecule has 0 aliphatic carbocycles. The Hall–Kier alpha value is -1.02. The van der Waals surface area contributed by atoms with E-state index in [0.717, 1.165) is 18.8 Å². The molecule has 18 heavy (non-hydrogen) atoms. The van der Waals surface area contributed by atoms with Gasteiger partial charge in [-0.25, -0.2) is 0 Å². The van der Waals surface area contributed by atoms with E-state index in [0.29, 0.717) is 18.0 Å². The molecule has 1 aromatic carbocycles. The molecule has 0 bridgehead atoms. The molecule has 0 fully saturated rings. The summed E-state index contributed by atoms with van der Waals surface area (Å²) < 4.78 is 5.60. The van der Waals surface area contributed by atoms with Gasteiger partial charge in [-0.2, -0.15) is 0 Å². The first-order valence-corrected chi connectivity index (χ1v) is 7.03. The third-order valence-electron chi connectivity index (χ3n) is 3.22. The second-order valence-electron chi connectivity index (χ2n) is 5.32. The van der Waals surface area contributed by atoms with Gasteiger partial charge in [-0.15, -0.1) is 0 Å². The SMILES string of the molecule is CCCOc1ccc(C(C)C(C)NC(C)C)cc1. The molecular weight excluding hydrogens is 222 g/mol. The van der Waals surface area contributed by atoms with Crippen molar-refractivity contribution < 1.29 is 4.74 Å². The molecule has 1 aromatic rings. The van der Waals surface area contributed by atoms with Crippen LogP contribution in [0.15, 0.2) is 24.3 Å². The smallest absolute Gasteiger partial charge is 0.119 e. The molecule has 0 aliphatic rings. The van der Waals surface area contributed by atoms with Crippen LogP contribution in [0.1, 0.15) is 52.5 Å². The van der Waals surface area contributed by atoms with Gasteiger partial charge in [-0.3, -0.25) is 0 Å². The molecule has 0 radical (unpaired) electrons. The Labute approximate surface area is 112 Å². The normalized spacial score (nSPS) is 14.6. The first-order chi connectivity index (χ1) is 8.54. The lowest BCUT2D eigenvalue weighted by atomic mass is 9.94. The number of rotatable bonds is 7. The maximum atomic E-state index is 5.60. The Morgan fingerprint density at radius 3 is 2.17 bits per heavy atom. The molecule has 0 saturated carbocycles. The average molecular weight is 249 g/mol. The third-order valence-corrected chi connectivity index (χ3v) is 3.22. The molecular formula is C16H27NO. The van der Waals surface area contributed by atoms with Crippen molar-refractivity contribution in [2.24, 2.45) is 0 Å². The van der Waals surface area contributed by atoms with E-state index in [9.17, 15) is 0 Å². The van der Waals surface area contributed by atoms with Gasteiger partial charge in [0.2, 0.25) is 0 Å². The summed E-state index contributed by atoms with van der Waals surface area (Å²) in [5, 5.41) is 3.56. The quantitative estimate of drug-likeness (QED) is 0.789. The van der Waals surface area contributed by atoms with Crippen LogP contribution in [-0.4, -0.2) is 18.7 Å². The van der Waals surface area contributed by atoms with Crippen molar-refractivity contribution in [2.45, 2.75) is 59.0 Å². The van der Waals surface area contributed by atoms with Gasteiger partial charge in [0.05, 0.1) is 6.61 Å². The van der Waals surface area contributed by atoms with Crippen LogP contribution in [0.2, 0.25) is 0 Å². The Morgan fingerprint density at radius 2 is 1.67 bits per heavy atom. The number of ether oxygens (including phenoxy) is 1. The highest BCUT2D eigenvalue weighted by molar-refractivity contribution is 5.29. The van der Waals surface area contributed by atoms with Crippen molar-refractivity contribution in [3.8, 4) is 5.75 Å². The van der Waals surface area contributed by atoms with Gasteiger partial charge in [0.1, 0.15) is 5.75 Å². The van der Waals surface area contributed by atoms with Gasteiger partial charge >= 0.3 is 0 Å². The fourth-order valence-corrected chi connectivity index (χ4v) is 2.05. The summed E-state index contributed by atoms with van der Waals surface area (Å²) in [5.41, 5.74) is 1.36. The molecule has 102 valence electrons. The van der Waals surface area contributed by atoms with Crippen LogP contribution < -0.4 is 10.1 Å². The summed E-state index contributed by atoms with van der Waals surface area (Å²) in [6, 6.07) is 9.50. The molecule has 0 spiro atoms. The fourth-order valence-electron chi connectivity index (χ4n) is 2.05. The third kappa shape index (κ3) is 4.69. The van der Waals surface area contributed by atoms with E-state index in [2.05, 4.69) is 64.2 Å². The molecule has 2 nitrogen and oxygen atoms in total. The van der Waals surface area contributed by atoms with E-state index in [1.54, 1.807) is 0 Å². The van der Waals surface area contributed by atoms with E-state index >= 15 is 0 Å². The van der Waals surface area contributed by atoms with Crippen molar-refractivity contribution in [3.63, 3.8) is 0 Å². The lowest BCUT2D eigenvalue weighted by molar-refractivity contribution is 0.317. The predicted molar refractivity (Wildman–Crippen MR) is 78.4 cm³/mol. The van der Waals surface area contributed by atoms with Crippen LogP contribution in [0.25, 0.3) is 0 Å². The van der Waals surface area contributed by atoms with E-state index in [4.69, 9.17) is 4.74 Å². The number of hydrogen-bond donors (Lipinski definition) is 1. The topological polar surface area (TPSA) is 21.3 Å². The molecule has 1 N–H and O–H groups in total. The first-order valence-electron chi connectivity index (χ1n) is 7.03. The minimum atomic E-state index is 0.479. The van der Waals surface area contributed by atoms with Crippen molar-refractivity contribution >= 4 is 0 Å². The summed E-state index contributed by atoms with van der Waals surface area (Å²) in [5.74, 6) is 1.48. The molecule has 2 atom stereocenters. The molecule has 2 unspecified atom stereocenters. The minimum absolute atomic E-state index is 0.479. The monoisotopic (exact) mass is 249 g/mol. The van der Waals surface area contributed by atoms with Crippen LogP contribution in [0, 0.1) is 0 Å². The fraction of sp³-hybridized carbons (Fsp3) is 0.625. The van der Waals surface area contributed by atoms with Crippen LogP contribution >= 0.6 is 0 Å². The summed E-state index contributed by atoms with van der Waals surface area (Å²) in [4.78, 5) is 0. The van der Waals surface area contributed by atoms with Gasteiger partial charge in [0.25, 0.3) is 0 Å². The van der Waals surface area contributed by atoms with E-state index in [1.807, 2.05) is 0 Å². The zero-order valence-corrected chi connectivity index (χ0v) is 12.4. The molecule has 0 aliphatic heterocycles. The summed E-state index contributed by atoms with van der Waals surface area (Å²) in [6.45, 7) is 11.8. The molecule has 0 heterocycles. The Balaban J connectivity index is 2.60. The Bertz CT molecular complexity index is 331. The zero-order valence-electron chi connectivity index (χ0n) is 12.4. The Morgan fingerprint density at radius 1 is 1.06 bits per heavy atom. The zero-order chi connectivity index (χ0) is 13.5. The van der Waals surface area contributed by atoms with Crippen molar-refractivity contribution in [1.29, 1.82) is 0 Å². The van der Waals surface area contributed by atoms with Crippen LogP contribution in [0.5, 0.6) is 5.75 Å². The second kappa shape index (κ2) is 7.42. The highest BCUT2D eigenvalue weighted by Gasteiger charge is 2.14. The maximum Gasteiger partial charge on any atom is 0.119 e. The van der Waals surface area contributed by atoms with Gasteiger partial charge in [0, 0.05) is 12.1 Å². The van der Waals surface area contributed by atoms with Gasteiger partial charge in [-0.05, 0) is 37.0 Å². The molecule has 1 rings (SSSR count). The first kappa shape index (κ1) is 15.0. The number of nitrogens with one attached hydrogen (secondary N) is 1. The maximum absolute atomic E-state index is 5.60. The summed E-state index contributed by atoms with van der Waals surface area (Å²) >= 11 is 0. The lowest BCUT2D eigenvalue weighted by Crippen LogP contribution is -2.36. The van der Waals surface area contributed by atoms with Crippen LogP contribution in [0.3, 0.4) is 0 Å². The second-order valence-corrected chi connectivity index (χ2v) is 5.32. The molecule has 0 amide bonds. The summed E-state index contributed by atoms with van der Waals surface area (Å²) in [6.07, 6.45) is 1.05. The lowest BCUT2D eigenvalue weighted by Gasteiger charge is -2.24. The highest BCUT2D eigenvalue weighted by atomic mass is 16.5. The minimum Gasteiger partial charge on any atom is -0.494 e. The van der Waals surface area contributed by atoms with Gasteiger partial charge in [0.15, 0.2) is 0 Å². The highest BCUT2D eigenvalue weighted by Crippen LogP contribution is 2.22. The van der Waals surface area contributed by atoms with E-state index < -0.39 is 0 Å². The van der Waals surface area contributed by atoms with Crippen molar-refractivity contribution in [3.05, 3.63) is 29.8 Å². The van der Waals surface area contributed by atoms with Crippen molar-refractivity contribution in [1.82, 2.24) is 5.32 Å². The van der Waals surface area contributed by atoms with Crippen LogP contribution in [0.4, 0.5) is 0 Å². The molecule has 0 saturated heterocycles. The van der Waals surface area contributed by atoms with Gasteiger partial charge < -0.3 is 10.1 Å². The number of hydrogen-bond acceptors (Lipinski definition) is 2. The Kier molecular flexibility index (Phi) is 6.20. The van der Waals surface area contributed by atoms with E-state index in [1.165, 1.54) is 5.56 Å². The molecule has 2 heteroatoms. The van der Waals surface area contributed by atoms with Crippen molar-refractivity contribution in [2.75, 3.05) is 6.61 Å². The molecule has 0 aromatic heterocycles. The summed E-state index contributed by atoms with van der Waals surface area (Å²) in [7, 11) is 0. The van der Waals surface area contributed by atoms with E-state index in [-0.39, 0.29) is 0 Å². The standard InChI is InChI=1S/C16H27NO/c1-6-11-18-16-9-7-15(8-10-16)13(4)14(5)17-12(2)3/h7-10,12-14,17H,6,11H2,1-5H3. The van der Waals surface area contributed by atoms with Crippen LogP contribution in [-0.2, 0) is 0 Å². The van der Waals surface area contributed by atoms with Gasteiger partial charge in [-0.1, -0.05) is 39.8 Å². The number of benzene rings is 1. The largest absolute Gasteiger partial charge is 0.494 e. The average Bonchev–Trinajstić information content (AvgIpc) is 2.35.